The van der Waals surface area contributed by atoms with Crippen LogP contribution >= 0.6 is 24.0 Å². The van der Waals surface area contributed by atoms with Gasteiger partial charge in [0.1, 0.15) is 22.4 Å². The van der Waals surface area contributed by atoms with Crippen LogP contribution in [0, 0.1) is 0 Å². The van der Waals surface area contributed by atoms with E-state index in [1.807, 2.05) is 60.7 Å². The van der Waals surface area contributed by atoms with Crippen LogP contribution in [0.1, 0.15) is 38.2 Å². The smallest absolute Gasteiger partial charge is 0.263 e. The minimum absolute atomic E-state index is 0.0765. The SMILES string of the molecule is O=C1NC(=S)S/C1=C\c1ccc(COc2ccc(C(=O)c3ccccc3)c(O)c2Cc2ccccc2)cc1. The molecule has 7 heteroatoms. The third-order valence-electron chi connectivity index (χ3n) is 6.06. The van der Waals surface area contributed by atoms with E-state index in [0.717, 1.165) is 16.7 Å². The first-order valence-electron chi connectivity index (χ1n) is 11.9. The Morgan fingerprint density at radius 1 is 0.895 bits per heavy atom. The van der Waals surface area contributed by atoms with Crippen molar-refractivity contribution in [1.82, 2.24) is 5.32 Å². The molecule has 4 aromatic rings. The van der Waals surface area contributed by atoms with Crippen LogP contribution in [0.25, 0.3) is 6.08 Å². The lowest BCUT2D eigenvalue weighted by molar-refractivity contribution is -0.115. The van der Waals surface area contributed by atoms with E-state index < -0.39 is 0 Å². The number of thioether (sulfide) groups is 1. The van der Waals surface area contributed by atoms with Gasteiger partial charge in [0.2, 0.25) is 0 Å². The second kappa shape index (κ2) is 11.5. The highest BCUT2D eigenvalue weighted by atomic mass is 32.2. The van der Waals surface area contributed by atoms with Gasteiger partial charge in [-0.15, -0.1) is 0 Å². The molecule has 0 atom stereocenters. The van der Waals surface area contributed by atoms with Crippen LogP contribution in [0.5, 0.6) is 11.5 Å². The second-order valence-electron chi connectivity index (χ2n) is 8.68. The molecule has 1 aliphatic heterocycles. The monoisotopic (exact) mass is 537 g/mol. The van der Waals surface area contributed by atoms with Crippen molar-refractivity contribution in [3.8, 4) is 11.5 Å². The molecule has 0 spiro atoms. The second-order valence-corrected chi connectivity index (χ2v) is 10.4. The maximum Gasteiger partial charge on any atom is 0.263 e. The first-order valence-corrected chi connectivity index (χ1v) is 13.2. The molecule has 5 rings (SSSR count). The number of phenolic OH excluding ortho intramolecular Hbond substituents is 1. The molecule has 1 saturated heterocycles. The molecule has 0 aliphatic carbocycles. The lowest BCUT2D eigenvalue weighted by atomic mass is 9.96. The zero-order chi connectivity index (χ0) is 26.5. The molecule has 1 aliphatic rings. The van der Waals surface area contributed by atoms with Crippen LogP contribution in [0.4, 0.5) is 0 Å². The van der Waals surface area contributed by atoms with Crippen molar-refractivity contribution in [2.75, 3.05) is 0 Å². The largest absolute Gasteiger partial charge is 0.507 e. The van der Waals surface area contributed by atoms with Crippen LogP contribution in [0.15, 0.2) is 102 Å². The number of carbonyl (C=O) groups excluding carboxylic acids is 2. The summed E-state index contributed by atoms with van der Waals surface area (Å²) in [7, 11) is 0. The molecule has 4 aromatic carbocycles. The molecule has 1 fully saturated rings. The number of nitrogens with one attached hydrogen (secondary N) is 1. The first-order chi connectivity index (χ1) is 18.5. The fourth-order valence-corrected chi connectivity index (χ4v) is 5.14. The lowest BCUT2D eigenvalue weighted by Crippen LogP contribution is -2.17. The highest BCUT2D eigenvalue weighted by molar-refractivity contribution is 8.26. The number of thiocarbonyl (C=S) groups is 1. The van der Waals surface area contributed by atoms with Crippen molar-refractivity contribution in [3.05, 3.63) is 135 Å². The van der Waals surface area contributed by atoms with Crippen LogP contribution in [0.2, 0.25) is 0 Å². The molecular formula is C31H23NO4S2. The third kappa shape index (κ3) is 5.85. The summed E-state index contributed by atoms with van der Waals surface area (Å²) >= 11 is 6.28. The Bertz CT molecular complexity index is 1530. The maximum atomic E-state index is 13.1. The molecule has 5 nitrogen and oxygen atoms in total. The molecule has 1 heterocycles. The summed E-state index contributed by atoms with van der Waals surface area (Å²) in [6.45, 7) is 0.267. The molecule has 0 saturated carbocycles. The summed E-state index contributed by atoms with van der Waals surface area (Å²) in [5, 5.41) is 13.8. The van der Waals surface area contributed by atoms with E-state index in [-0.39, 0.29) is 29.6 Å². The van der Waals surface area contributed by atoms with Gasteiger partial charge in [-0.3, -0.25) is 9.59 Å². The molecule has 0 radical (unpaired) electrons. The van der Waals surface area contributed by atoms with E-state index >= 15 is 0 Å². The molecule has 0 unspecified atom stereocenters. The quantitative estimate of drug-likeness (QED) is 0.157. The maximum absolute atomic E-state index is 13.1. The minimum atomic E-state index is -0.247. The predicted molar refractivity (Wildman–Crippen MR) is 154 cm³/mol. The van der Waals surface area contributed by atoms with Gasteiger partial charge in [-0.1, -0.05) is 109 Å². The number of hydrogen-bond acceptors (Lipinski definition) is 6. The number of hydrogen-bond donors (Lipinski definition) is 2. The zero-order valence-electron chi connectivity index (χ0n) is 20.2. The van der Waals surface area contributed by atoms with E-state index in [9.17, 15) is 14.7 Å². The van der Waals surface area contributed by atoms with Crippen LogP contribution in [0.3, 0.4) is 0 Å². The number of ether oxygens (including phenoxy) is 1. The van der Waals surface area contributed by atoms with E-state index in [4.69, 9.17) is 17.0 Å². The van der Waals surface area contributed by atoms with Crippen molar-refractivity contribution in [3.63, 3.8) is 0 Å². The topological polar surface area (TPSA) is 75.6 Å². The standard InChI is InChI=1S/C31H23NO4S2/c33-28(23-9-5-2-6-10-23)24-15-16-26(25(29(24)34)17-20-7-3-1-4-8-20)36-19-22-13-11-21(12-14-22)18-27-30(35)32-31(37)38-27/h1-16,18,34H,17,19H2,(H,32,35,37)/b27-18-. The highest BCUT2D eigenvalue weighted by Crippen LogP contribution is 2.35. The number of phenols is 1. The Labute approximate surface area is 230 Å². The predicted octanol–water partition coefficient (Wildman–Crippen LogP) is 6.28. The summed E-state index contributed by atoms with van der Waals surface area (Å²) in [6.07, 6.45) is 2.20. The fraction of sp³-hybridized carbons (Fsp3) is 0.0645. The van der Waals surface area contributed by atoms with Crippen LogP contribution < -0.4 is 10.1 Å². The van der Waals surface area contributed by atoms with E-state index in [1.165, 1.54) is 11.8 Å². The minimum Gasteiger partial charge on any atom is -0.507 e. The number of ketones is 1. The van der Waals surface area contributed by atoms with Gasteiger partial charge < -0.3 is 15.2 Å². The highest BCUT2D eigenvalue weighted by Gasteiger charge is 2.22. The lowest BCUT2D eigenvalue weighted by Gasteiger charge is -2.16. The normalized spacial score (nSPS) is 13.9. The van der Waals surface area contributed by atoms with Gasteiger partial charge in [0.15, 0.2) is 5.78 Å². The summed E-state index contributed by atoms with van der Waals surface area (Å²) < 4.78 is 6.60. The van der Waals surface area contributed by atoms with Crippen molar-refractivity contribution in [1.29, 1.82) is 0 Å². The van der Waals surface area contributed by atoms with E-state index in [2.05, 4.69) is 5.32 Å². The Morgan fingerprint density at radius 2 is 1.58 bits per heavy atom. The molecule has 0 bridgehead atoms. The van der Waals surface area contributed by atoms with Crippen molar-refractivity contribution in [2.45, 2.75) is 13.0 Å². The Balaban J connectivity index is 1.38. The van der Waals surface area contributed by atoms with Gasteiger partial charge in [-0.05, 0) is 34.9 Å². The number of rotatable bonds is 8. The third-order valence-corrected chi connectivity index (χ3v) is 7.22. The van der Waals surface area contributed by atoms with E-state index in [1.54, 1.807) is 42.5 Å². The number of benzene rings is 4. The van der Waals surface area contributed by atoms with Crippen LogP contribution in [-0.2, 0) is 17.8 Å². The summed E-state index contributed by atoms with van der Waals surface area (Å²) in [6, 6.07) is 29.7. The molecule has 38 heavy (non-hydrogen) atoms. The molecule has 0 aromatic heterocycles. The first kappa shape index (κ1) is 25.4. The van der Waals surface area contributed by atoms with Gasteiger partial charge in [0.25, 0.3) is 5.91 Å². The summed E-state index contributed by atoms with van der Waals surface area (Å²) in [4.78, 5) is 25.6. The Kier molecular flexibility index (Phi) is 7.67. The average Bonchev–Trinajstić information content (AvgIpc) is 3.26. The van der Waals surface area contributed by atoms with Gasteiger partial charge >= 0.3 is 0 Å². The van der Waals surface area contributed by atoms with Crippen molar-refractivity contribution >= 4 is 46.1 Å². The average molecular weight is 538 g/mol. The molecule has 1 amide bonds. The van der Waals surface area contributed by atoms with Crippen molar-refractivity contribution in [2.24, 2.45) is 0 Å². The van der Waals surface area contributed by atoms with Gasteiger partial charge in [0, 0.05) is 17.5 Å². The van der Waals surface area contributed by atoms with Crippen LogP contribution in [-0.4, -0.2) is 21.1 Å². The van der Waals surface area contributed by atoms with Gasteiger partial charge in [-0.25, -0.2) is 0 Å². The fourth-order valence-electron chi connectivity index (χ4n) is 4.10. The molecule has 2 N–H and O–H groups in total. The van der Waals surface area contributed by atoms with Crippen molar-refractivity contribution < 1.29 is 19.4 Å². The number of carbonyl (C=O) groups is 2. The summed E-state index contributed by atoms with van der Waals surface area (Å²) in [5.41, 5.74) is 4.08. The number of amides is 1. The number of aromatic hydroxyl groups is 1. The summed E-state index contributed by atoms with van der Waals surface area (Å²) in [5.74, 6) is -0.00183. The van der Waals surface area contributed by atoms with Gasteiger partial charge in [0.05, 0.1) is 10.5 Å². The Hall–Kier alpha value is -4.20. The molecule has 188 valence electrons. The van der Waals surface area contributed by atoms with E-state index in [0.29, 0.717) is 32.5 Å². The van der Waals surface area contributed by atoms with Gasteiger partial charge in [-0.2, -0.15) is 0 Å². The Morgan fingerprint density at radius 3 is 2.24 bits per heavy atom. The molecular weight excluding hydrogens is 514 g/mol. The zero-order valence-corrected chi connectivity index (χ0v) is 21.9.